The molecule has 13 heavy (non-hydrogen) atoms. The molecule has 0 saturated heterocycles. The minimum absolute atomic E-state index is 0.156. The van der Waals surface area contributed by atoms with E-state index in [2.05, 4.69) is 5.10 Å². The van der Waals surface area contributed by atoms with Crippen LogP contribution in [-0.2, 0) is 0 Å². The Hall–Kier alpha value is -1.48. The summed E-state index contributed by atoms with van der Waals surface area (Å²) in [5, 5.41) is 3.07. The number of nitrogens with zero attached hydrogens (tertiary/aromatic N) is 1. The van der Waals surface area contributed by atoms with Gasteiger partial charge in [-0.25, -0.2) is 4.68 Å². The summed E-state index contributed by atoms with van der Waals surface area (Å²) in [4.78, 5) is 11.3. The smallest absolute Gasteiger partial charge is 0.272 e. The molecule has 0 saturated carbocycles. The van der Waals surface area contributed by atoms with E-state index < -0.39 is 0 Å². The number of rotatable bonds is 1. The van der Waals surface area contributed by atoms with Crippen LogP contribution in [0.3, 0.4) is 0 Å². The molecular formula is C9H7ClN2O. The third-order valence-corrected chi connectivity index (χ3v) is 1.90. The molecule has 1 heterocycles. The molecule has 0 radical (unpaired) electrons. The van der Waals surface area contributed by atoms with E-state index in [1.165, 1.54) is 10.7 Å². The zero-order valence-corrected chi connectivity index (χ0v) is 7.45. The Morgan fingerprint density at radius 1 is 1.23 bits per heavy atom. The second-order valence-corrected chi connectivity index (χ2v) is 3.02. The van der Waals surface area contributed by atoms with Gasteiger partial charge < -0.3 is 0 Å². The van der Waals surface area contributed by atoms with E-state index in [4.69, 9.17) is 11.6 Å². The lowest BCUT2D eigenvalue weighted by atomic mass is 10.3. The van der Waals surface area contributed by atoms with E-state index in [1.807, 2.05) is 30.3 Å². The van der Waals surface area contributed by atoms with Crippen molar-refractivity contribution in [3.63, 3.8) is 0 Å². The van der Waals surface area contributed by atoms with E-state index in [0.717, 1.165) is 5.69 Å². The van der Waals surface area contributed by atoms with Crippen LogP contribution < -0.4 is 5.56 Å². The number of halogens is 1. The predicted molar refractivity (Wildman–Crippen MR) is 51.4 cm³/mol. The molecule has 3 nitrogen and oxygen atoms in total. The van der Waals surface area contributed by atoms with Gasteiger partial charge in [0.25, 0.3) is 5.56 Å². The highest BCUT2D eigenvalue weighted by molar-refractivity contribution is 6.29. The van der Waals surface area contributed by atoms with Gasteiger partial charge in [-0.1, -0.05) is 29.8 Å². The van der Waals surface area contributed by atoms with Gasteiger partial charge in [-0.3, -0.25) is 9.89 Å². The van der Waals surface area contributed by atoms with Crippen molar-refractivity contribution >= 4 is 11.6 Å². The van der Waals surface area contributed by atoms with Gasteiger partial charge in [0.05, 0.1) is 5.69 Å². The maximum Gasteiger partial charge on any atom is 0.272 e. The van der Waals surface area contributed by atoms with Crippen LogP contribution in [-0.4, -0.2) is 9.78 Å². The maximum absolute atomic E-state index is 11.3. The number of aromatic nitrogens is 2. The van der Waals surface area contributed by atoms with E-state index >= 15 is 0 Å². The number of hydrogen-bond donors (Lipinski definition) is 1. The molecule has 0 aliphatic heterocycles. The van der Waals surface area contributed by atoms with Gasteiger partial charge in [0.1, 0.15) is 5.15 Å². The Balaban J connectivity index is 2.59. The molecule has 0 amide bonds. The van der Waals surface area contributed by atoms with E-state index in [0.29, 0.717) is 5.15 Å². The van der Waals surface area contributed by atoms with Gasteiger partial charge in [-0.2, -0.15) is 0 Å². The van der Waals surface area contributed by atoms with Crippen LogP contribution >= 0.6 is 11.6 Å². The second kappa shape index (κ2) is 3.11. The number of benzene rings is 1. The molecule has 4 heteroatoms. The molecule has 0 unspecified atom stereocenters. The first kappa shape index (κ1) is 8.13. The van der Waals surface area contributed by atoms with Gasteiger partial charge in [0, 0.05) is 6.07 Å². The molecular weight excluding hydrogens is 188 g/mol. The zero-order chi connectivity index (χ0) is 9.26. The third-order valence-electron chi connectivity index (χ3n) is 1.70. The summed E-state index contributed by atoms with van der Waals surface area (Å²) in [5.41, 5.74) is 0.621. The van der Waals surface area contributed by atoms with Crippen LogP contribution in [0.4, 0.5) is 0 Å². The van der Waals surface area contributed by atoms with Gasteiger partial charge >= 0.3 is 0 Å². The van der Waals surface area contributed by atoms with Crippen molar-refractivity contribution < 1.29 is 0 Å². The normalized spacial score (nSPS) is 10.2. The minimum atomic E-state index is -0.156. The molecule has 1 aromatic carbocycles. The van der Waals surface area contributed by atoms with Gasteiger partial charge in [0.2, 0.25) is 0 Å². The fourth-order valence-corrected chi connectivity index (χ4v) is 1.31. The summed E-state index contributed by atoms with van der Waals surface area (Å²) < 4.78 is 1.39. The molecule has 66 valence electrons. The van der Waals surface area contributed by atoms with Crippen LogP contribution in [0.1, 0.15) is 0 Å². The molecule has 0 fully saturated rings. The number of para-hydroxylation sites is 1. The Morgan fingerprint density at radius 2 is 1.92 bits per heavy atom. The van der Waals surface area contributed by atoms with Gasteiger partial charge in [-0.05, 0) is 12.1 Å². The summed E-state index contributed by atoms with van der Waals surface area (Å²) in [6.45, 7) is 0. The number of H-pyrrole nitrogens is 1. The van der Waals surface area contributed by atoms with Gasteiger partial charge in [0.15, 0.2) is 0 Å². The fraction of sp³-hybridized carbons (Fsp3) is 0. The summed E-state index contributed by atoms with van der Waals surface area (Å²) >= 11 is 5.64. The van der Waals surface area contributed by atoms with Crippen LogP contribution in [0, 0.1) is 0 Å². The van der Waals surface area contributed by atoms with Crippen molar-refractivity contribution in [2.75, 3.05) is 0 Å². The first-order valence-corrected chi connectivity index (χ1v) is 4.18. The summed E-state index contributed by atoms with van der Waals surface area (Å²) in [5.74, 6) is 0. The summed E-state index contributed by atoms with van der Waals surface area (Å²) in [6, 6.07) is 10.6. The molecule has 0 aliphatic carbocycles. The van der Waals surface area contributed by atoms with Crippen molar-refractivity contribution in [3.8, 4) is 5.69 Å². The summed E-state index contributed by atoms with van der Waals surface area (Å²) in [6.07, 6.45) is 0. The van der Waals surface area contributed by atoms with Crippen molar-refractivity contribution in [1.29, 1.82) is 0 Å². The maximum atomic E-state index is 11.3. The second-order valence-electron chi connectivity index (χ2n) is 2.61. The number of aromatic amines is 1. The number of hydrogen-bond acceptors (Lipinski definition) is 1. The van der Waals surface area contributed by atoms with Crippen LogP contribution in [0.25, 0.3) is 5.69 Å². The highest BCUT2D eigenvalue weighted by Gasteiger charge is 2.01. The van der Waals surface area contributed by atoms with Crippen LogP contribution in [0.15, 0.2) is 41.2 Å². The lowest BCUT2D eigenvalue weighted by Crippen LogP contribution is -2.12. The first-order valence-electron chi connectivity index (χ1n) is 3.80. The Labute approximate surface area is 79.6 Å². The van der Waals surface area contributed by atoms with E-state index in [9.17, 15) is 4.79 Å². The monoisotopic (exact) mass is 194 g/mol. The van der Waals surface area contributed by atoms with E-state index in [-0.39, 0.29) is 5.56 Å². The largest absolute Gasteiger partial charge is 0.280 e. The van der Waals surface area contributed by atoms with Crippen molar-refractivity contribution in [3.05, 3.63) is 51.9 Å². The molecule has 1 N–H and O–H groups in total. The molecule has 2 rings (SSSR count). The lowest BCUT2D eigenvalue weighted by Gasteiger charge is -1.98. The van der Waals surface area contributed by atoms with Crippen LogP contribution in [0.2, 0.25) is 5.15 Å². The zero-order valence-electron chi connectivity index (χ0n) is 6.70. The average molecular weight is 195 g/mol. The van der Waals surface area contributed by atoms with Crippen LogP contribution in [0.5, 0.6) is 0 Å². The van der Waals surface area contributed by atoms with Gasteiger partial charge in [-0.15, -0.1) is 0 Å². The highest BCUT2D eigenvalue weighted by atomic mass is 35.5. The van der Waals surface area contributed by atoms with E-state index in [1.54, 1.807) is 0 Å². The summed E-state index contributed by atoms with van der Waals surface area (Å²) in [7, 11) is 0. The Kier molecular flexibility index (Phi) is 1.94. The Bertz CT molecular complexity index is 458. The highest BCUT2D eigenvalue weighted by Crippen LogP contribution is 2.05. The lowest BCUT2D eigenvalue weighted by molar-refractivity contribution is 0.850. The van der Waals surface area contributed by atoms with Crippen molar-refractivity contribution in [1.82, 2.24) is 9.78 Å². The molecule has 0 bridgehead atoms. The molecule has 2 aromatic rings. The fourth-order valence-electron chi connectivity index (χ4n) is 1.14. The Morgan fingerprint density at radius 3 is 2.46 bits per heavy atom. The minimum Gasteiger partial charge on any atom is -0.280 e. The predicted octanol–water partition coefficient (Wildman–Crippen LogP) is 1.82. The molecule has 0 aliphatic rings. The molecule has 0 atom stereocenters. The number of nitrogens with one attached hydrogen (secondary N) is 1. The third kappa shape index (κ3) is 1.51. The average Bonchev–Trinajstić information content (AvgIpc) is 2.47. The first-order chi connectivity index (χ1) is 6.27. The topological polar surface area (TPSA) is 37.8 Å². The SMILES string of the molecule is O=c1cc(Cl)[nH]n1-c1ccccc1. The standard InChI is InChI=1S/C9H7ClN2O/c10-8-6-9(13)12(11-8)7-4-2-1-3-5-7/h1-6,11H. The van der Waals surface area contributed by atoms with Crippen molar-refractivity contribution in [2.45, 2.75) is 0 Å². The molecule has 1 aromatic heterocycles. The molecule has 0 spiro atoms. The quantitative estimate of drug-likeness (QED) is 0.739. The van der Waals surface area contributed by atoms with Crippen molar-refractivity contribution in [2.24, 2.45) is 0 Å².